The molecule has 150 valence electrons. The highest BCUT2D eigenvalue weighted by atomic mass is 16.4. The predicted molar refractivity (Wildman–Crippen MR) is 98.7 cm³/mol. The zero-order valence-corrected chi connectivity index (χ0v) is 15.3. The molecule has 0 aliphatic rings. The quantitative estimate of drug-likeness (QED) is 0.154. The van der Waals surface area contributed by atoms with Crippen LogP contribution in [0.25, 0.3) is 0 Å². The molecule has 0 aliphatic heterocycles. The summed E-state index contributed by atoms with van der Waals surface area (Å²) >= 11 is 0. The Morgan fingerprint density at radius 3 is 1.88 bits per heavy atom. The van der Waals surface area contributed by atoms with Crippen LogP contribution in [-0.2, 0) is 14.4 Å². The molecule has 0 aromatic heterocycles. The van der Waals surface area contributed by atoms with E-state index >= 15 is 0 Å². The van der Waals surface area contributed by atoms with E-state index in [0.717, 1.165) is 32.1 Å². The molecule has 0 aromatic rings. The van der Waals surface area contributed by atoms with Crippen LogP contribution in [0.15, 0.2) is 4.99 Å². The Hall–Kier alpha value is -2.32. The first-order valence-corrected chi connectivity index (χ1v) is 9.12. The molecule has 0 rings (SSSR count). The summed E-state index contributed by atoms with van der Waals surface area (Å²) in [6.45, 7) is 0.328. The van der Waals surface area contributed by atoms with Crippen molar-refractivity contribution in [3.05, 3.63) is 0 Å². The maximum absolute atomic E-state index is 11.8. The number of guanidine groups is 1. The average Bonchev–Trinajstić information content (AvgIpc) is 2.55. The minimum Gasteiger partial charge on any atom is -0.481 e. The SMILES string of the molecule is NC(N)=NCCC[C@H](NC(=O)CCCCCCCCCC(=O)O)C(=O)O. The lowest BCUT2D eigenvalue weighted by atomic mass is 10.1. The van der Waals surface area contributed by atoms with Crippen molar-refractivity contribution < 1.29 is 24.6 Å². The smallest absolute Gasteiger partial charge is 0.326 e. The van der Waals surface area contributed by atoms with E-state index in [-0.39, 0.29) is 24.7 Å². The van der Waals surface area contributed by atoms with Gasteiger partial charge in [0.15, 0.2) is 5.96 Å². The normalized spacial score (nSPS) is 11.5. The molecule has 0 fully saturated rings. The first-order chi connectivity index (χ1) is 12.3. The van der Waals surface area contributed by atoms with Gasteiger partial charge in [-0.15, -0.1) is 0 Å². The number of aliphatic imine (C=N–C) groups is 1. The molecule has 0 unspecified atom stereocenters. The summed E-state index contributed by atoms with van der Waals surface area (Å²) in [7, 11) is 0. The van der Waals surface area contributed by atoms with Crippen molar-refractivity contribution in [2.45, 2.75) is 76.7 Å². The minimum absolute atomic E-state index is 0.0391. The highest BCUT2D eigenvalue weighted by Crippen LogP contribution is 2.10. The second-order valence-electron chi connectivity index (χ2n) is 6.28. The number of rotatable bonds is 16. The zero-order chi connectivity index (χ0) is 19.8. The lowest BCUT2D eigenvalue weighted by molar-refractivity contribution is -0.142. The standard InChI is InChI=1S/C17H32N4O5/c18-17(19)20-12-8-9-13(16(25)26)21-14(22)10-6-4-2-1-3-5-7-11-15(23)24/h13H,1-12H2,(H,21,22)(H,23,24)(H,25,26)(H4,18,19,20)/t13-/m0/s1. The summed E-state index contributed by atoms with van der Waals surface area (Å²) in [4.78, 5) is 37.2. The Kier molecular flexibility index (Phi) is 13.6. The topological polar surface area (TPSA) is 168 Å². The number of unbranched alkanes of at least 4 members (excludes halogenated alkanes) is 6. The fourth-order valence-corrected chi connectivity index (χ4v) is 2.47. The first-order valence-electron chi connectivity index (χ1n) is 9.12. The van der Waals surface area contributed by atoms with Gasteiger partial charge >= 0.3 is 11.9 Å². The van der Waals surface area contributed by atoms with Gasteiger partial charge in [0.2, 0.25) is 5.91 Å². The Balaban J connectivity index is 3.75. The molecule has 0 radical (unpaired) electrons. The molecule has 0 heterocycles. The van der Waals surface area contributed by atoms with Crippen LogP contribution >= 0.6 is 0 Å². The van der Waals surface area contributed by atoms with Crippen LogP contribution in [0.4, 0.5) is 0 Å². The van der Waals surface area contributed by atoms with Crippen molar-refractivity contribution in [1.82, 2.24) is 5.32 Å². The van der Waals surface area contributed by atoms with E-state index in [1.165, 1.54) is 0 Å². The highest BCUT2D eigenvalue weighted by Gasteiger charge is 2.18. The summed E-state index contributed by atoms with van der Waals surface area (Å²) in [5.41, 5.74) is 10.4. The average molecular weight is 372 g/mol. The molecule has 9 nitrogen and oxygen atoms in total. The van der Waals surface area contributed by atoms with Gasteiger partial charge in [0.05, 0.1) is 0 Å². The van der Waals surface area contributed by atoms with Crippen molar-refractivity contribution in [3.63, 3.8) is 0 Å². The van der Waals surface area contributed by atoms with E-state index in [0.29, 0.717) is 32.2 Å². The van der Waals surface area contributed by atoms with E-state index in [9.17, 15) is 14.4 Å². The highest BCUT2D eigenvalue weighted by molar-refractivity contribution is 5.83. The van der Waals surface area contributed by atoms with Gasteiger partial charge in [0.25, 0.3) is 0 Å². The van der Waals surface area contributed by atoms with Gasteiger partial charge < -0.3 is 27.0 Å². The summed E-state index contributed by atoms with van der Waals surface area (Å²) in [6.07, 6.45) is 7.49. The fraction of sp³-hybridized carbons (Fsp3) is 0.765. The maximum Gasteiger partial charge on any atom is 0.326 e. The molecule has 26 heavy (non-hydrogen) atoms. The summed E-state index contributed by atoms with van der Waals surface area (Å²) in [5, 5.41) is 20.2. The molecule has 7 N–H and O–H groups in total. The minimum atomic E-state index is -1.07. The molecule has 0 aromatic carbocycles. The number of nitrogens with one attached hydrogen (secondary N) is 1. The molecule has 1 atom stereocenters. The van der Waals surface area contributed by atoms with Crippen molar-refractivity contribution >= 4 is 23.8 Å². The number of nitrogens with zero attached hydrogens (tertiary/aromatic N) is 1. The van der Waals surface area contributed by atoms with Gasteiger partial charge in [0, 0.05) is 19.4 Å². The fourth-order valence-electron chi connectivity index (χ4n) is 2.47. The number of nitrogens with two attached hydrogens (primary N) is 2. The molecule has 0 spiro atoms. The number of carboxylic acids is 2. The van der Waals surface area contributed by atoms with Crippen LogP contribution in [0.2, 0.25) is 0 Å². The third-order valence-electron chi connectivity index (χ3n) is 3.87. The van der Waals surface area contributed by atoms with Crippen LogP contribution in [0, 0.1) is 0 Å². The molecule has 0 aliphatic carbocycles. The van der Waals surface area contributed by atoms with Gasteiger partial charge in [-0.3, -0.25) is 14.6 Å². The lowest BCUT2D eigenvalue weighted by Crippen LogP contribution is -2.40. The first kappa shape index (κ1) is 23.7. The Morgan fingerprint density at radius 1 is 0.846 bits per heavy atom. The summed E-state index contributed by atoms with van der Waals surface area (Å²) in [6, 6.07) is -0.925. The van der Waals surface area contributed by atoms with E-state index in [4.69, 9.17) is 21.7 Å². The van der Waals surface area contributed by atoms with Crippen molar-refractivity contribution in [3.8, 4) is 0 Å². The number of aliphatic carboxylic acids is 2. The second-order valence-corrected chi connectivity index (χ2v) is 6.28. The van der Waals surface area contributed by atoms with E-state index < -0.39 is 18.0 Å². The van der Waals surface area contributed by atoms with Crippen LogP contribution < -0.4 is 16.8 Å². The second kappa shape index (κ2) is 15.0. The predicted octanol–water partition coefficient (Wildman–Crippen LogP) is 1.20. The van der Waals surface area contributed by atoms with Crippen molar-refractivity contribution in [1.29, 1.82) is 0 Å². The molecule has 1 amide bonds. The van der Waals surface area contributed by atoms with Crippen LogP contribution in [0.1, 0.15) is 70.6 Å². The van der Waals surface area contributed by atoms with Gasteiger partial charge in [-0.2, -0.15) is 0 Å². The summed E-state index contributed by atoms with van der Waals surface area (Å²) < 4.78 is 0. The third-order valence-corrected chi connectivity index (χ3v) is 3.87. The number of amides is 1. The van der Waals surface area contributed by atoms with Crippen molar-refractivity contribution in [2.75, 3.05) is 6.54 Å². The zero-order valence-electron chi connectivity index (χ0n) is 15.3. The van der Waals surface area contributed by atoms with Crippen LogP contribution in [-0.4, -0.2) is 46.6 Å². The van der Waals surface area contributed by atoms with Gasteiger partial charge in [-0.25, -0.2) is 4.79 Å². The number of hydrogen-bond acceptors (Lipinski definition) is 4. The molecular weight excluding hydrogens is 340 g/mol. The lowest BCUT2D eigenvalue weighted by Gasteiger charge is -2.14. The Labute approximate surface area is 154 Å². The maximum atomic E-state index is 11.8. The van der Waals surface area contributed by atoms with E-state index in [1.54, 1.807) is 0 Å². The number of carbonyl (C=O) groups is 3. The largest absolute Gasteiger partial charge is 0.481 e. The van der Waals surface area contributed by atoms with Crippen molar-refractivity contribution in [2.24, 2.45) is 16.5 Å². The molecule has 0 saturated heterocycles. The number of hydrogen-bond donors (Lipinski definition) is 5. The summed E-state index contributed by atoms with van der Waals surface area (Å²) in [5.74, 6) is -2.13. The molecule has 0 bridgehead atoms. The van der Waals surface area contributed by atoms with Gasteiger partial charge in [0.1, 0.15) is 6.04 Å². The van der Waals surface area contributed by atoms with Crippen LogP contribution in [0.5, 0.6) is 0 Å². The van der Waals surface area contributed by atoms with E-state index in [1.807, 2.05) is 0 Å². The third kappa shape index (κ3) is 15.2. The Morgan fingerprint density at radius 2 is 1.38 bits per heavy atom. The Bertz CT molecular complexity index is 464. The van der Waals surface area contributed by atoms with Crippen LogP contribution in [0.3, 0.4) is 0 Å². The van der Waals surface area contributed by atoms with Gasteiger partial charge in [-0.05, 0) is 25.7 Å². The monoisotopic (exact) mass is 372 g/mol. The number of carboxylic acid groups (broad SMARTS) is 2. The van der Waals surface area contributed by atoms with Gasteiger partial charge in [-0.1, -0.05) is 32.1 Å². The molecule has 0 saturated carbocycles. The molecular formula is C17H32N4O5. The van der Waals surface area contributed by atoms with E-state index in [2.05, 4.69) is 10.3 Å². The number of carbonyl (C=O) groups excluding carboxylic acids is 1. The molecule has 9 heteroatoms.